The van der Waals surface area contributed by atoms with Gasteiger partial charge in [-0.15, -0.1) is 0 Å². The number of carbonyl (C=O) groups excluding carboxylic acids is 2. The summed E-state index contributed by atoms with van der Waals surface area (Å²) in [4.78, 5) is 29.2. The number of piperazine rings is 1. The predicted molar refractivity (Wildman–Crippen MR) is 106 cm³/mol. The maximum absolute atomic E-state index is 12.8. The molecule has 0 unspecified atom stereocenters. The molecule has 2 aromatic rings. The fraction of sp³-hybridized carbons (Fsp3) is 0.545. The maximum Gasteiger partial charge on any atom is 0.242 e. The Labute approximate surface area is 160 Å². The Morgan fingerprint density at radius 2 is 1.59 bits per heavy atom. The van der Waals surface area contributed by atoms with E-state index in [9.17, 15) is 9.59 Å². The van der Waals surface area contributed by atoms with Gasteiger partial charge in [0, 0.05) is 43.8 Å². The number of aryl methyl sites for hydroxylation is 1. The minimum Gasteiger partial charge on any atom is -0.339 e. The van der Waals surface area contributed by atoms with Gasteiger partial charge >= 0.3 is 0 Å². The standard InChI is InChI=1S/C22H29N3O2/c1-17-14-19-8-4-5-9-20(19)25(17)16-22(27)24-12-10-23(11-13-24)21(26)15-18-6-2-3-7-18/h4-5,8-9,14,18H,2-3,6-7,10-13,15-16H2,1H3. The molecule has 0 spiro atoms. The van der Waals surface area contributed by atoms with Crippen LogP contribution in [0.1, 0.15) is 37.8 Å². The third-order valence-corrected chi connectivity index (χ3v) is 6.23. The molecule has 2 aliphatic rings. The monoisotopic (exact) mass is 367 g/mol. The molecule has 1 saturated carbocycles. The number of rotatable bonds is 4. The maximum atomic E-state index is 12.8. The molecule has 1 saturated heterocycles. The van der Waals surface area contributed by atoms with Gasteiger partial charge in [-0.2, -0.15) is 0 Å². The summed E-state index contributed by atoms with van der Waals surface area (Å²) >= 11 is 0. The predicted octanol–water partition coefficient (Wildman–Crippen LogP) is 3.20. The number of para-hydroxylation sites is 1. The van der Waals surface area contributed by atoms with E-state index in [-0.39, 0.29) is 11.8 Å². The highest BCUT2D eigenvalue weighted by molar-refractivity contribution is 5.84. The zero-order valence-corrected chi connectivity index (χ0v) is 16.2. The summed E-state index contributed by atoms with van der Waals surface area (Å²) in [6, 6.07) is 10.3. The van der Waals surface area contributed by atoms with E-state index in [2.05, 4.69) is 22.8 Å². The molecule has 1 aromatic carbocycles. The number of carbonyl (C=O) groups is 2. The van der Waals surface area contributed by atoms with Gasteiger partial charge in [-0.3, -0.25) is 9.59 Å². The van der Waals surface area contributed by atoms with E-state index in [1.54, 1.807) is 0 Å². The fourth-order valence-corrected chi connectivity index (χ4v) is 4.59. The number of nitrogens with zero attached hydrogens (tertiary/aromatic N) is 3. The summed E-state index contributed by atoms with van der Waals surface area (Å²) in [5, 5.41) is 1.17. The van der Waals surface area contributed by atoms with Crippen LogP contribution in [0.15, 0.2) is 30.3 Å². The molecule has 0 bridgehead atoms. The Balaban J connectivity index is 1.33. The van der Waals surface area contributed by atoms with Gasteiger partial charge < -0.3 is 14.4 Å². The smallest absolute Gasteiger partial charge is 0.242 e. The third kappa shape index (κ3) is 3.87. The van der Waals surface area contributed by atoms with Crippen molar-refractivity contribution in [3.63, 3.8) is 0 Å². The van der Waals surface area contributed by atoms with Gasteiger partial charge in [0.15, 0.2) is 0 Å². The number of amides is 2. The first-order valence-corrected chi connectivity index (χ1v) is 10.2. The van der Waals surface area contributed by atoms with E-state index in [0.717, 1.165) is 11.2 Å². The topological polar surface area (TPSA) is 45.6 Å². The van der Waals surface area contributed by atoms with Crippen LogP contribution < -0.4 is 0 Å². The van der Waals surface area contributed by atoms with Crippen molar-refractivity contribution in [2.75, 3.05) is 26.2 Å². The summed E-state index contributed by atoms with van der Waals surface area (Å²) in [6.45, 7) is 5.05. The van der Waals surface area contributed by atoms with Crippen LogP contribution in [0.2, 0.25) is 0 Å². The molecule has 1 aromatic heterocycles. The summed E-state index contributed by atoms with van der Waals surface area (Å²) < 4.78 is 2.09. The number of benzene rings is 1. The lowest BCUT2D eigenvalue weighted by Crippen LogP contribution is -2.51. The van der Waals surface area contributed by atoms with Gasteiger partial charge in [0.05, 0.1) is 0 Å². The minimum atomic E-state index is 0.141. The third-order valence-electron chi connectivity index (χ3n) is 6.23. The van der Waals surface area contributed by atoms with Gasteiger partial charge in [0.2, 0.25) is 11.8 Å². The Morgan fingerprint density at radius 1 is 0.963 bits per heavy atom. The molecule has 5 heteroatoms. The number of fused-ring (bicyclic) bond motifs is 1. The quantitative estimate of drug-likeness (QED) is 0.833. The molecule has 2 fully saturated rings. The Morgan fingerprint density at radius 3 is 2.30 bits per heavy atom. The molecule has 5 nitrogen and oxygen atoms in total. The molecule has 144 valence electrons. The van der Waals surface area contributed by atoms with Crippen molar-refractivity contribution in [2.24, 2.45) is 5.92 Å². The van der Waals surface area contributed by atoms with Gasteiger partial charge in [-0.05, 0) is 43.2 Å². The molecular weight excluding hydrogens is 338 g/mol. The van der Waals surface area contributed by atoms with Crippen LogP contribution in [0.3, 0.4) is 0 Å². The van der Waals surface area contributed by atoms with Gasteiger partial charge in [0.1, 0.15) is 6.54 Å². The van der Waals surface area contributed by atoms with Crippen LogP contribution in [0.25, 0.3) is 10.9 Å². The SMILES string of the molecule is Cc1cc2ccccc2n1CC(=O)N1CCN(C(=O)CC2CCCC2)CC1. The molecule has 1 aliphatic heterocycles. The Kier molecular flexibility index (Phi) is 5.19. The molecule has 0 radical (unpaired) electrons. The van der Waals surface area contributed by atoms with Crippen molar-refractivity contribution < 1.29 is 9.59 Å². The number of hydrogen-bond acceptors (Lipinski definition) is 2. The Bertz CT molecular complexity index is 827. The fourth-order valence-electron chi connectivity index (χ4n) is 4.59. The first-order chi connectivity index (χ1) is 13.1. The zero-order valence-electron chi connectivity index (χ0n) is 16.2. The molecule has 2 amide bonds. The molecule has 1 aliphatic carbocycles. The lowest BCUT2D eigenvalue weighted by atomic mass is 10.0. The van der Waals surface area contributed by atoms with Crippen LogP contribution in [0.5, 0.6) is 0 Å². The van der Waals surface area contributed by atoms with E-state index in [4.69, 9.17) is 0 Å². The van der Waals surface area contributed by atoms with Crippen molar-refractivity contribution in [3.8, 4) is 0 Å². The van der Waals surface area contributed by atoms with E-state index in [1.165, 1.54) is 31.1 Å². The molecule has 2 heterocycles. The van der Waals surface area contributed by atoms with Gasteiger partial charge in [-0.25, -0.2) is 0 Å². The molecule has 4 rings (SSSR count). The van der Waals surface area contributed by atoms with Crippen molar-refractivity contribution in [3.05, 3.63) is 36.0 Å². The first-order valence-electron chi connectivity index (χ1n) is 10.2. The van der Waals surface area contributed by atoms with E-state index in [1.807, 2.05) is 28.9 Å². The number of aromatic nitrogens is 1. The molecular formula is C22H29N3O2. The average Bonchev–Trinajstić information content (AvgIpc) is 3.30. The van der Waals surface area contributed by atoms with Crippen LogP contribution in [-0.4, -0.2) is 52.4 Å². The Hall–Kier alpha value is -2.30. The molecule has 27 heavy (non-hydrogen) atoms. The van der Waals surface area contributed by atoms with Gasteiger partial charge in [0.25, 0.3) is 0 Å². The van der Waals surface area contributed by atoms with Crippen LogP contribution >= 0.6 is 0 Å². The minimum absolute atomic E-state index is 0.141. The molecule has 0 N–H and O–H groups in total. The van der Waals surface area contributed by atoms with Crippen molar-refractivity contribution >= 4 is 22.7 Å². The number of hydrogen-bond donors (Lipinski definition) is 0. The second-order valence-corrected chi connectivity index (χ2v) is 8.05. The van der Waals surface area contributed by atoms with Crippen LogP contribution in [0, 0.1) is 12.8 Å². The van der Waals surface area contributed by atoms with E-state index < -0.39 is 0 Å². The second-order valence-electron chi connectivity index (χ2n) is 8.05. The van der Waals surface area contributed by atoms with Crippen molar-refractivity contribution in [1.82, 2.24) is 14.4 Å². The zero-order chi connectivity index (χ0) is 18.8. The summed E-state index contributed by atoms with van der Waals surface area (Å²) in [6.07, 6.45) is 5.65. The summed E-state index contributed by atoms with van der Waals surface area (Å²) in [7, 11) is 0. The largest absolute Gasteiger partial charge is 0.339 e. The lowest BCUT2D eigenvalue weighted by molar-refractivity contribution is -0.140. The van der Waals surface area contributed by atoms with E-state index >= 15 is 0 Å². The normalized spacial score (nSPS) is 18.4. The van der Waals surface area contributed by atoms with Gasteiger partial charge in [-0.1, -0.05) is 31.0 Å². The summed E-state index contributed by atoms with van der Waals surface area (Å²) in [5.74, 6) is 1.01. The van der Waals surface area contributed by atoms with E-state index in [0.29, 0.717) is 45.1 Å². The highest BCUT2D eigenvalue weighted by Crippen LogP contribution is 2.28. The molecule has 0 atom stereocenters. The van der Waals surface area contributed by atoms with Crippen LogP contribution in [0.4, 0.5) is 0 Å². The highest BCUT2D eigenvalue weighted by atomic mass is 16.2. The highest BCUT2D eigenvalue weighted by Gasteiger charge is 2.27. The summed E-state index contributed by atoms with van der Waals surface area (Å²) in [5.41, 5.74) is 2.21. The first kappa shape index (κ1) is 18.1. The lowest BCUT2D eigenvalue weighted by Gasteiger charge is -2.35. The van der Waals surface area contributed by atoms with Crippen LogP contribution in [-0.2, 0) is 16.1 Å². The average molecular weight is 367 g/mol. The van der Waals surface area contributed by atoms with Crippen molar-refractivity contribution in [1.29, 1.82) is 0 Å². The van der Waals surface area contributed by atoms with Crippen molar-refractivity contribution in [2.45, 2.75) is 45.6 Å². The second kappa shape index (κ2) is 7.75.